The van der Waals surface area contributed by atoms with Crippen LogP contribution in [0, 0.1) is 0 Å². The van der Waals surface area contributed by atoms with Crippen molar-refractivity contribution in [2.24, 2.45) is 0 Å². The molecule has 0 spiro atoms. The van der Waals surface area contributed by atoms with E-state index in [0.29, 0.717) is 37.9 Å². The van der Waals surface area contributed by atoms with E-state index < -0.39 is 0 Å². The van der Waals surface area contributed by atoms with Crippen molar-refractivity contribution in [1.82, 2.24) is 15.5 Å². The summed E-state index contributed by atoms with van der Waals surface area (Å²) in [5, 5.41) is 7.55. The third-order valence-corrected chi connectivity index (χ3v) is 4.13. The molecule has 0 saturated carbocycles. The second-order valence-corrected chi connectivity index (χ2v) is 6.08. The minimum absolute atomic E-state index is 0.142. The van der Waals surface area contributed by atoms with E-state index in [1.54, 1.807) is 12.3 Å². The lowest BCUT2D eigenvalue weighted by atomic mass is 10.2. The van der Waals surface area contributed by atoms with Crippen molar-refractivity contribution >= 4 is 16.8 Å². The van der Waals surface area contributed by atoms with E-state index >= 15 is 0 Å². The summed E-state index contributed by atoms with van der Waals surface area (Å²) in [7, 11) is 0. The summed E-state index contributed by atoms with van der Waals surface area (Å²) >= 11 is 0. The normalized spacial score (nSPS) is 17.0. The number of carbonyl (C=O) groups is 1. The van der Waals surface area contributed by atoms with Crippen LogP contribution in [0.1, 0.15) is 16.2 Å². The highest BCUT2D eigenvalue weighted by Crippen LogP contribution is 2.23. The topological polar surface area (TPSA) is 95.7 Å². The maximum atomic E-state index is 12.2. The summed E-state index contributed by atoms with van der Waals surface area (Å²) < 4.78 is 21.8. The van der Waals surface area contributed by atoms with Gasteiger partial charge in [-0.1, -0.05) is 23.4 Å². The molecule has 2 aromatic heterocycles. The summed E-state index contributed by atoms with van der Waals surface area (Å²) in [6.07, 6.45) is 1.57. The first kappa shape index (κ1) is 17.4. The summed E-state index contributed by atoms with van der Waals surface area (Å²) in [5.41, 5.74) is 0.966. The zero-order valence-electron chi connectivity index (χ0n) is 14.6. The Balaban J connectivity index is 1.34. The van der Waals surface area contributed by atoms with Gasteiger partial charge in [0.25, 0.3) is 5.91 Å². The van der Waals surface area contributed by atoms with Gasteiger partial charge in [-0.3, -0.25) is 9.78 Å². The second kappa shape index (κ2) is 8.15. The smallest absolute Gasteiger partial charge is 0.273 e. The van der Waals surface area contributed by atoms with Gasteiger partial charge in [0.2, 0.25) is 0 Å². The van der Waals surface area contributed by atoms with Crippen molar-refractivity contribution in [3.8, 4) is 5.75 Å². The van der Waals surface area contributed by atoms with Gasteiger partial charge in [0, 0.05) is 24.2 Å². The van der Waals surface area contributed by atoms with Crippen molar-refractivity contribution in [2.75, 3.05) is 26.4 Å². The van der Waals surface area contributed by atoms with Crippen molar-refractivity contribution < 1.29 is 23.5 Å². The minimum atomic E-state index is -0.328. The number of hydrogen-bond acceptors (Lipinski definition) is 7. The third-order valence-electron chi connectivity index (χ3n) is 4.13. The van der Waals surface area contributed by atoms with Gasteiger partial charge in [-0.15, -0.1) is 0 Å². The molecular formula is C19H19N3O5. The molecule has 1 amide bonds. The molecule has 140 valence electrons. The van der Waals surface area contributed by atoms with Gasteiger partial charge in [-0.05, 0) is 12.1 Å². The summed E-state index contributed by atoms with van der Waals surface area (Å²) in [6, 6.07) is 11.1. The summed E-state index contributed by atoms with van der Waals surface area (Å²) in [5.74, 6) is 0.765. The predicted molar refractivity (Wildman–Crippen MR) is 95.5 cm³/mol. The maximum absolute atomic E-state index is 12.2. The van der Waals surface area contributed by atoms with Crippen LogP contribution < -0.4 is 10.1 Å². The number of fused-ring (bicyclic) bond motifs is 1. The Morgan fingerprint density at radius 2 is 2.19 bits per heavy atom. The summed E-state index contributed by atoms with van der Waals surface area (Å²) in [4.78, 5) is 16.5. The number of para-hydroxylation sites is 1. The van der Waals surface area contributed by atoms with Crippen LogP contribution in [0.25, 0.3) is 10.9 Å². The average molecular weight is 369 g/mol. The Morgan fingerprint density at radius 3 is 3.07 bits per heavy atom. The molecule has 0 unspecified atom stereocenters. The first-order valence-corrected chi connectivity index (χ1v) is 8.69. The van der Waals surface area contributed by atoms with E-state index in [4.69, 9.17) is 18.7 Å². The number of aromatic nitrogens is 2. The molecule has 1 N–H and O–H groups in total. The average Bonchev–Trinajstić information content (AvgIpc) is 3.20. The van der Waals surface area contributed by atoms with Crippen LogP contribution in [0.2, 0.25) is 0 Å². The molecule has 1 aromatic carbocycles. The van der Waals surface area contributed by atoms with Gasteiger partial charge in [-0.25, -0.2) is 0 Å². The Labute approximate surface area is 155 Å². The molecule has 1 aliphatic rings. The Kier molecular flexibility index (Phi) is 5.27. The number of amides is 1. The van der Waals surface area contributed by atoms with E-state index in [1.165, 1.54) is 0 Å². The number of ether oxygens (including phenoxy) is 3. The van der Waals surface area contributed by atoms with E-state index in [0.717, 1.165) is 10.9 Å². The molecule has 3 heterocycles. The minimum Gasteiger partial charge on any atom is -0.483 e. The molecule has 0 bridgehead atoms. The molecule has 3 aromatic rings. The van der Waals surface area contributed by atoms with Gasteiger partial charge in [0.1, 0.15) is 17.9 Å². The van der Waals surface area contributed by atoms with E-state index in [9.17, 15) is 4.79 Å². The van der Waals surface area contributed by atoms with Gasteiger partial charge in [0.05, 0.1) is 25.9 Å². The molecule has 0 aliphatic carbocycles. The Hall–Kier alpha value is -2.97. The quantitative estimate of drug-likeness (QED) is 0.709. The SMILES string of the molecule is O=C(NC[C@@H]1COCCO1)c1cc(COc2cccc3cccnc23)on1. The lowest BCUT2D eigenvalue weighted by Crippen LogP contribution is -2.39. The van der Waals surface area contributed by atoms with Crippen LogP contribution in [0.3, 0.4) is 0 Å². The van der Waals surface area contributed by atoms with Gasteiger partial charge >= 0.3 is 0 Å². The highest BCUT2D eigenvalue weighted by molar-refractivity contribution is 5.92. The molecule has 1 aliphatic heterocycles. The lowest BCUT2D eigenvalue weighted by Gasteiger charge is -2.22. The Morgan fingerprint density at radius 1 is 1.26 bits per heavy atom. The van der Waals surface area contributed by atoms with Gasteiger partial charge < -0.3 is 24.1 Å². The van der Waals surface area contributed by atoms with Crippen LogP contribution in [0.4, 0.5) is 0 Å². The molecule has 8 nitrogen and oxygen atoms in total. The number of rotatable bonds is 6. The first-order chi connectivity index (χ1) is 13.3. The Bertz CT molecular complexity index is 915. The summed E-state index contributed by atoms with van der Waals surface area (Å²) in [6.45, 7) is 2.10. The van der Waals surface area contributed by atoms with Gasteiger partial charge in [-0.2, -0.15) is 0 Å². The third kappa shape index (κ3) is 4.24. The fraction of sp³-hybridized carbons (Fsp3) is 0.316. The number of nitrogens with one attached hydrogen (secondary N) is 1. The molecular weight excluding hydrogens is 350 g/mol. The fourth-order valence-corrected chi connectivity index (χ4v) is 2.78. The van der Waals surface area contributed by atoms with Gasteiger partial charge in [0.15, 0.2) is 11.5 Å². The molecule has 1 fully saturated rings. The number of hydrogen-bond donors (Lipinski definition) is 1. The number of benzene rings is 1. The number of pyridine rings is 1. The molecule has 8 heteroatoms. The zero-order valence-corrected chi connectivity index (χ0v) is 14.6. The van der Waals surface area contributed by atoms with Crippen molar-refractivity contribution in [2.45, 2.75) is 12.7 Å². The van der Waals surface area contributed by atoms with E-state index in [2.05, 4.69) is 15.5 Å². The molecule has 1 saturated heterocycles. The zero-order chi connectivity index (χ0) is 18.5. The van der Waals surface area contributed by atoms with Crippen molar-refractivity contribution in [3.63, 3.8) is 0 Å². The van der Waals surface area contributed by atoms with Crippen LogP contribution in [0.15, 0.2) is 47.1 Å². The predicted octanol–water partition coefficient (Wildman–Crippen LogP) is 1.95. The number of carbonyl (C=O) groups excluding carboxylic acids is 1. The monoisotopic (exact) mass is 369 g/mol. The highest BCUT2D eigenvalue weighted by atomic mass is 16.6. The van der Waals surface area contributed by atoms with E-state index in [1.807, 2.05) is 30.3 Å². The highest BCUT2D eigenvalue weighted by Gasteiger charge is 2.18. The van der Waals surface area contributed by atoms with Crippen LogP contribution in [-0.4, -0.2) is 48.5 Å². The molecule has 4 rings (SSSR count). The van der Waals surface area contributed by atoms with E-state index in [-0.39, 0.29) is 24.3 Å². The largest absolute Gasteiger partial charge is 0.483 e. The van der Waals surface area contributed by atoms with Crippen LogP contribution in [0.5, 0.6) is 5.75 Å². The molecule has 0 radical (unpaired) electrons. The maximum Gasteiger partial charge on any atom is 0.273 e. The first-order valence-electron chi connectivity index (χ1n) is 8.69. The standard InChI is InChI=1S/C19H19N3O5/c23-19(21-10-15-11-24-7-8-25-15)16-9-14(27-22-16)12-26-17-5-1-3-13-4-2-6-20-18(13)17/h1-6,9,15H,7-8,10-12H2,(H,21,23)/t15-/m1/s1. The fourth-order valence-electron chi connectivity index (χ4n) is 2.78. The van der Waals surface area contributed by atoms with Crippen LogP contribution >= 0.6 is 0 Å². The molecule has 27 heavy (non-hydrogen) atoms. The second-order valence-electron chi connectivity index (χ2n) is 6.08. The van der Waals surface area contributed by atoms with Crippen LogP contribution in [-0.2, 0) is 16.1 Å². The number of nitrogens with zero attached hydrogens (tertiary/aromatic N) is 2. The van der Waals surface area contributed by atoms with Crippen molar-refractivity contribution in [1.29, 1.82) is 0 Å². The molecule has 1 atom stereocenters. The van der Waals surface area contributed by atoms with Crippen molar-refractivity contribution in [3.05, 3.63) is 54.0 Å². The lowest BCUT2D eigenvalue weighted by molar-refractivity contribution is -0.0855.